The molecule has 0 spiro atoms. The molecular weight excluding hydrogens is 376 g/mol. The van der Waals surface area contributed by atoms with Gasteiger partial charge in [-0.05, 0) is 50.2 Å². The summed E-state index contributed by atoms with van der Waals surface area (Å²) in [6, 6.07) is 13.1. The third-order valence-corrected chi connectivity index (χ3v) is 6.35. The van der Waals surface area contributed by atoms with Crippen LogP contribution in [0, 0.1) is 13.8 Å². The number of H-pyrrole nitrogens is 1. The molecule has 3 aromatic rings. The molecule has 0 bridgehead atoms. The fourth-order valence-electron chi connectivity index (χ4n) is 2.66. The van der Waals surface area contributed by atoms with Crippen molar-refractivity contribution in [2.75, 3.05) is 11.4 Å². The number of sulfonamides is 1. The van der Waals surface area contributed by atoms with Crippen LogP contribution in [0.5, 0.6) is 0 Å². The van der Waals surface area contributed by atoms with Gasteiger partial charge in [0.1, 0.15) is 0 Å². The Hall–Kier alpha value is -3.13. The zero-order chi connectivity index (χ0) is 20.3. The monoisotopic (exact) mass is 398 g/mol. The Morgan fingerprint density at radius 1 is 1.07 bits per heavy atom. The minimum Gasteiger partial charge on any atom is -0.348 e. The second-order valence-corrected chi connectivity index (χ2v) is 8.50. The Morgan fingerprint density at radius 3 is 2.29 bits per heavy atom. The number of benzene rings is 2. The fraction of sp³-hybridized carbons (Fsp3) is 0.200. The van der Waals surface area contributed by atoms with Gasteiger partial charge in [0.25, 0.3) is 15.9 Å². The Labute approximate surface area is 164 Å². The van der Waals surface area contributed by atoms with Crippen molar-refractivity contribution in [3.63, 3.8) is 0 Å². The van der Waals surface area contributed by atoms with Crippen molar-refractivity contribution in [1.82, 2.24) is 15.5 Å². The SMILES string of the molecule is Cc1ccc(S(=O)(=O)N(C)c2ccc(C(=O)NCc3cn[nH]c3C)cc2)cc1. The van der Waals surface area contributed by atoms with E-state index < -0.39 is 10.0 Å². The summed E-state index contributed by atoms with van der Waals surface area (Å²) >= 11 is 0. The van der Waals surface area contributed by atoms with E-state index in [1.165, 1.54) is 11.4 Å². The molecule has 0 unspecified atom stereocenters. The van der Waals surface area contributed by atoms with E-state index in [2.05, 4.69) is 15.5 Å². The van der Waals surface area contributed by atoms with Gasteiger partial charge in [0.15, 0.2) is 0 Å². The van der Waals surface area contributed by atoms with Gasteiger partial charge < -0.3 is 5.32 Å². The number of rotatable bonds is 6. The first-order valence-electron chi connectivity index (χ1n) is 8.72. The van der Waals surface area contributed by atoms with Crippen molar-refractivity contribution >= 4 is 21.6 Å². The number of nitrogens with one attached hydrogen (secondary N) is 2. The van der Waals surface area contributed by atoms with Gasteiger partial charge in [-0.3, -0.25) is 14.2 Å². The van der Waals surface area contributed by atoms with Gasteiger partial charge in [0.2, 0.25) is 0 Å². The van der Waals surface area contributed by atoms with Crippen LogP contribution in [0.25, 0.3) is 0 Å². The predicted molar refractivity (Wildman–Crippen MR) is 108 cm³/mol. The fourth-order valence-corrected chi connectivity index (χ4v) is 3.86. The van der Waals surface area contributed by atoms with Crippen molar-refractivity contribution < 1.29 is 13.2 Å². The summed E-state index contributed by atoms with van der Waals surface area (Å²) in [6.45, 7) is 4.15. The van der Waals surface area contributed by atoms with Crippen molar-refractivity contribution in [3.8, 4) is 0 Å². The summed E-state index contributed by atoms with van der Waals surface area (Å²) < 4.78 is 26.7. The molecule has 28 heavy (non-hydrogen) atoms. The van der Waals surface area contributed by atoms with E-state index in [9.17, 15) is 13.2 Å². The Morgan fingerprint density at radius 2 is 1.71 bits per heavy atom. The zero-order valence-electron chi connectivity index (χ0n) is 15.9. The highest BCUT2D eigenvalue weighted by Crippen LogP contribution is 2.22. The molecule has 0 aliphatic carbocycles. The number of anilines is 1. The quantitative estimate of drug-likeness (QED) is 0.667. The maximum absolute atomic E-state index is 12.8. The van der Waals surface area contributed by atoms with E-state index in [0.29, 0.717) is 17.8 Å². The van der Waals surface area contributed by atoms with Crippen LogP contribution in [0.3, 0.4) is 0 Å². The lowest BCUT2D eigenvalue weighted by Crippen LogP contribution is -2.27. The lowest BCUT2D eigenvalue weighted by atomic mass is 10.2. The first kappa shape index (κ1) is 19.6. The maximum atomic E-state index is 12.8. The molecule has 1 heterocycles. The van der Waals surface area contributed by atoms with Crippen LogP contribution in [-0.4, -0.2) is 31.6 Å². The normalized spacial score (nSPS) is 11.2. The highest BCUT2D eigenvalue weighted by Gasteiger charge is 2.21. The molecule has 0 atom stereocenters. The first-order chi connectivity index (χ1) is 13.3. The van der Waals surface area contributed by atoms with E-state index in [-0.39, 0.29) is 10.8 Å². The Balaban J connectivity index is 1.71. The van der Waals surface area contributed by atoms with Crippen LogP contribution in [0.1, 0.15) is 27.2 Å². The molecule has 0 fully saturated rings. The van der Waals surface area contributed by atoms with Gasteiger partial charge in [-0.25, -0.2) is 8.42 Å². The van der Waals surface area contributed by atoms with Crippen LogP contribution in [0.4, 0.5) is 5.69 Å². The standard InChI is InChI=1S/C20H22N4O3S/c1-14-4-10-19(11-5-14)28(26,27)24(3)18-8-6-16(7-9-18)20(25)21-12-17-13-22-23-15(17)2/h4-11,13H,12H2,1-3H3,(H,21,25)(H,22,23). The van der Waals surface area contributed by atoms with E-state index in [1.54, 1.807) is 54.7 Å². The molecule has 2 aromatic carbocycles. The van der Waals surface area contributed by atoms with E-state index in [1.807, 2.05) is 13.8 Å². The minimum absolute atomic E-state index is 0.220. The lowest BCUT2D eigenvalue weighted by Gasteiger charge is -2.20. The molecule has 8 heteroatoms. The number of carbonyl (C=O) groups excluding carboxylic acids is 1. The minimum atomic E-state index is -3.66. The molecule has 0 aliphatic rings. The highest BCUT2D eigenvalue weighted by atomic mass is 32.2. The number of amides is 1. The van der Waals surface area contributed by atoms with Crippen molar-refractivity contribution in [3.05, 3.63) is 77.1 Å². The van der Waals surface area contributed by atoms with E-state index in [4.69, 9.17) is 0 Å². The summed E-state index contributed by atoms with van der Waals surface area (Å²) in [5.41, 5.74) is 3.73. The first-order valence-corrected chi connectivity index (χ1v) is 10.2. The third-order valence-electron chi connectivity index (χ3n) is 4.55. The van der Waals surface area contributed by atoms with E-state index >= 15 is 0 Å². The van der Waals surface area contributed by atoms with Gasteiger partial charge in [-0.15, -0.1) is 0 Å². The average Bonchev–Trinajstić information content (AvgIpc) is 3.10. The second kappa shape index (κ2) is 7.85. The number of nitrogens with zero attached hydrogens (tertiary/aromatic N) is 2. The number of aromatic amines is 1. The average molecular weight is 398 g/mol. The molecular formula is C20H22N4O3S. The largest absolute Gasteiger partial charge is 0.348 e. The van der Waals surface area contributed by atoms with Crippen LogP contribution < -0.4 is 9.62 Å². The number of hydrogen-bond acceptors (Lipinski definition) is 4. The molecule has 0 aliphatic heterocycles. The molecule has 7 nitrogen and oxygen atoms in total. The molecule has 1 aromatic heterocycles. The maximum Gasteiger partial charge on any atom is 0.264 e. The molecule has 0 saturated carbocycles. The summed E-state index contributed by atoms with van der Waals surface area (Å²) in [5, 5.41) is 9.56. The molecule has 1 amide bonds. The smallest absolute Gasteiger partial charge is 0.264 e. The summed E-state index contributed by atoms with van der Waals surface area (Å²) in [6.07, 6.45) is 1.67. The van der Waals surface area contributed by atoms with Crippen LogP contribution in [0.15, 0.2) is 59.6 Å². The van der Waals surface area contributed by atoms with Crippen LogP contribution in [-0.2, 0) is 16.6 Å². The predicted octanol–water partition coefficient (Wildman–Crippen LogP) is 2.78. The van der Waals surface area contributed by atoms with Gasteiger partial charge in [0, 0.05) is 30.4 Å². The number of aromatic nitrogens is 2. The second-order valence-electron chi connectivity index (χ2n) is 6.54. The highest BCUT2D eigenvalue weighted by molar-refractivity contribution is 7.92. The van der Waals surface area contributed by atoms with E-state index in [0.717, 1.165) is 16.8 Å². The van der Waals surface area contributed by atoms with Gasteiger partial charge in [-0.2, -0.15) is 5.10 Å². The topological polar surface area (TPSA) is 95.2 Å². The van der Waals surface area contributed by atoms with Crippen LogP contribution >= 0.6 is 0 Å². The third kappa shape index (κ3) is 4.07. The van der Waals surface area contributed by atoms with Gasteiger partial charge in [-0.1, -0.05) is 17.7 Å². The van der Waals surface area contributed by atoms with Gasteiger partial charge in [0.05, 0.1) is 16.8 Å². The lowest BCUT2D eigenvalue weighted by molar-refractivity contribution is 0.0951. The Bertz CT molecular complexity index is 1070. The number of carbonyl (C=O) groups is 1. The number of hydrogen-bond donors (Lipinski definition) is 2. The molecule has 146 valence electrons. The van der Waals surface area contributed by atoms with Crippen molar-refractivity contribution in [2.45, 2.75) is 25.3 Å². The zero-order valence-corrected chi connectivity index (χ0v) is 16.7. The van der Waals surface area contributed by atoms with Crippen molar-refractivity contribution in [2.24, 2.45) is 0 Å². The summed E-state index contributed by atoms with van der Waals surface area (Å²) in [7, 11) is -2.17. The summed E-state index contributed by atoms with van der Waals surface area (Å²) in [5.74, 6) is -0.240. The van der Waals surface area contributed by atoms with Crippen molar-refractivity contribution in [1.29, 1.82) is 0 Å². The van der Waals surface area contributed by atoms with Gasteiger partial charge >= 0.3 is 0 Å². The summed E-state index contributed by atoms with van der Waals surface area (Å²) in [4.78, 5) is 12.5. The molecule has 2 N–H and O–H groups in total. The molecule has 0 saturated heterocycles. The number of aryl methyl sites for hydroxylation is 2. The van der Waals surface area contributed by atoms with Crippen LogP contribution in [0.2, 0.25) is 0 Å². The Kier molecular flexibility index (Phi) is 5.51. The molecule has 3 rings (SSSR count). The molecule has 0 radical (unpaired) electrons.